The number of hydrogen-bond acceptors (Lipinski definition) is 2. The summed E-state index contributed by atoms with van der Waals surface area (Å²) in [5.74, 6) is -0.0435. The molecular formula is C15H20FNO2. The highest BCUT2D eigenvalue weighted by Gasteiger charge is 2.45. The summed E-state index contributed by atoms with van der Waals surface area (Å²) in [5.41, 5.74) is 0.126. The number of benzene rings is 1. The molecule has 1 amide bonds. The largest absolute Gasteiger partial charge is 0.389 e. The lowest BCUT2D eigenvalue weighted by atomic mass is 10.1. The molecule has 0 spiro atoms. The van der Waals surface area contributed by atoms with Gasteiger partial charge in [0.15, 0.2) is 0 Å². The van der Waals surface area contributed by atoms with Crippen LogP contribution in [0, 0.1) is 11.7 Å². The molecule has 1 aliphatic carbocycles. The number of halogens is 1. The van der Waals surface area contributed by atoms with Gasteiger partial charge in [-0.2, -0.15) is 0 Å². The molecule has 19 heavy (non-hydrogen) atoms. The minimum absolute atomic E-state index is 0.0298. The zero-order chi connectivity index (χ0) is 14.2. The van der Waals surface area contributed by atoms with E-state index in [-0.39, 0.29) is 23.6 Å². The van der Waals surface area contributed by atoms with Gasteiger partial charge in [-0.25, -0.2) is 4.39 Å². The lowest BCUT2D eigenvalue weighted by molar-refractivity contribution is -0.134. The molecule has 1 saturated carbocycles. The first-order chi connectivity index (χ1) is 8.78. The molecule has 1 aliphatic rings. The predicted molar refractivity (Wildman–Crippen MR) is 71.2 cm³/mol. The summed E-state index contributed by atoms with van der Waals surface area (Å²) in [6.07, 6.45) is 0.806. The van der Waals surface area contributed by atoms with Crippen LogP contribution in [0.3, 0.4) is 0 Å². The van der Waals surface area contributed by atoms with E-state index in [1.54, 1.807) is 37.9 Å². The molecule has 4 heteroatoms. The average molecular weight is 265 g/mol. The Morgan fingerprint density at radius 3 is 2.53 bits per heavy atom. The van der Waals surface area contributed by atoms with Crippen molar-refractivity contribution in [3.05, 3.63) is 35.6 Å². The molecule has 1 aromatic carbocycles. The van der Waals surface area contributed by atoms with Crippen molar-refractivity contribution in [3.8, 4) is 0 Å². The summed E-state index contributed by atoms with van der Waals surface area (Å²) in [7, 11) is 1.71. The fourth-order valence-corrected chi connectivity index (χ4v) is 2.49. The second-order valence-electron chi connectivity index (χ2n) is 6.01. The van der Waals surface area contributed by atoms with Gasteiger partial charge in [0.2, 0.25) is 5.91 Å². The van der Waals surface area contributed by atoms with Gasteiger partial charge in [-0.1, -0.05) is 12.1 Å². The number of amides is 1. The van der Waals surface area contributed by atoms with Gasteiger partial charge in [-0.3, -0.25) is 4.79 Å². The molecule has 1 N–H and O–H groups in total. The zero-order valence-electron chi connectivity index (χ0n) is 11.6. The van der Waals surface area contributed by atoms with Crippen molar-refractivity contribution >= 4 is 5.91 Å². The van der Waals surface area contributed by atoms with Crippen LogP contribution < -0.4 is 0 Å². The third kappa shape index (κ3) is 3.53. The number of hydrogen-bond donors (Lipinski definition) is 1. The number of carbonyl (C=O) groups is 1. The second-order valence-corrected chi connectivity index (χ2v) is 6.01. The van der Waals surface area contributed by atoms with E-state index in [9.17, 15) is 14.3 Å². The summed E-state index contributed by atoms with van der Waals surface area (Å²) < 4.78 is 12.8. The first-order valence-corrected chi connectivity index (χ1v) is 6.51. The van der Waals surface area contributed by atoms with Gasteiger partial charge in [-0.15, -0.1) is 0 Å². The van der Waals surface area contributed by atoms with Crippen molar-refractivity contribution in [3.63, 3.8) is 0 Å². The quantitative estimate of drug-likeness (QED) is 0.906. The maximum Gasteiger partial charge on any atom is 0.226 e. The summed E-state index contributed by atoms with van der Waals surface area (Å²) in [6, 6.07) is 6.33. The molecule has 2 unspecified atom stereocenters. The van der Waals surface area contributed by atoms with Crippen molar-refractivity contribution in [2.75, 3.05) is 13.6 Å². The van der Waals surface area contributed by atoms with Crippen molar-refractivity contribution in [2.24, 2.45) is 5.92 Å². The van der Waals surface area contributed by atoms with Gasteiger partial charge in [0.25, 0.3) is 0 Å². The third-order valence-corrected chi connectivity index (χ3v) is 3.41. The van der Waals surface area contributed by atoms with E-state index in [4.69, 9.17) is 0 Å². The monoisotopic (exact) mass is 265 g/mol. The van der Waals surface area contributed by atoms with E-state index in [2.05, 4.69) is 0 Å². The lowest BCUT2D eigenvalue weighted by Gasteiger charge is -2.25. The van der Waals surface area contributed by atoms with Crippen molar-refractivity contribution in [1.29, 1.82) is 0 Å². The van der Waals surface area contributed by atoms with E-state index in [0.717, 1.165) is 12.0 Å². The molecule has 2 atom stereocenters. The molecule has 0 saturated heterocycles. The minimum atomic E-state index is -0.884. The zero-order valence-corrected chi connectivity index (χ0v) is 11.6. The molecule has 1 fully saturated rings. The maximum atomic E-state index is 12.8. The normalized spacial score (nSPS) is 22.2. The Labute approximate surface area is 113 Å². The SMILES string of the molecule is CN(CC(C)(C)O)C(=O)C1CC1c1ccc(F)cc1. The van der Waals surface area contributed by atoms with Crippen LogP contribution in [0.5, 0.6) is 0 Å². The fourth-order valence-electron chi connectivity index (χ4n) is 2.49. The Hall–Kier alpha value is -1.42. The van der Waals surface area contributed by atoms with Crippen LogP contribution in [0.15, 0.2) is 24.3 Å². The summed E-state index contributed by atoms with van der Waals surface area (Å²) in [6.45, 7) is 3.68. The van der Waals surface area contributed by atoms with E-state index < -0.39 is 5.60 Å². The van der Waals surface area contributed by atoms with Crippen LogP contribution in [0.4, 0.5) is 4.39 Å². The molecule has 0 aliphatic heterocycles. The highest BCUT2D eigenvalue weighted by atomic mass is 19.1. The molecule has 0 heterocycles. The number of rotatable bonds is 4. The number of aliphatic hydroxyl groups is 1. The Balaban J connectivity index is 1.95. The summed E-state index contributed by atoms with van der Waals surface area (Å²) >= 11 is 0. The van der Waals surface area contributed by atoms with E-state index in [0.29, 0.717) is 6.54 Å². The second kappa shape index (κ2) is 4.93. The standard InChI is InChI=1S/C15H20FNO2/c1-15(2,19)9-17(3)14(18)13-8-12(13)10-4-6-11(16)7-5-10/h4-7,12-13,19H,8-9H2,1-3H3. The molecule has 1 aromatic rings. The topological polar surface area (TPSA) is 40.5 Å². The van der Waals surface area contributed by atoms with Crippen LogP contribution in [0.2, 0.25) is 0 Å². The van der Waals surface area contributed by atoms with Gasteiger partial charge >= 0.3 is 0 Å². The molecule has 0 bridgehead atoms. The highest BCUT2D eigenvalue weighted by Crippen LogP contribution is 2.48. The van der Waals surface area contributed by atoms with Crippen molar-refractivity contribution < 1.29 is 14.3 Å². The molecule has 104 valence electrons. The van der Waals surface area contributed by atoms with Crippen LogP contribution >= 0.6 is 0 Å². The van der Waals surface area contributed by atoms with Gasteiger partial charge in [-0.05, 0) is 43.9 Å². The first-order valence-electron chi connectivity index (χ1n) is 6.51. The Morgan fingerprint density at radius 1 is 1.42 bits per heavy atom. The maximum absolute atomic E-state index is 12.8. The third-order valence-electron chi connectivity index (χ3n) is 3.41. The van der Waals surface area contributed by atoms with Crippen LogP contribution in [0.1, 0.15) is 31.7 Å². The number of carbonyl (C=O) groups excluding carboxylic acids is 1. The van der Waals surface area contributed by atoms with E-state index in [1.807, 2.05) is 0 Å². The number of nitrogens with zero attached hydrogens (tertiary/aromatic N) is 1. The van der Waals surface area contributed by atoms with Gasteiger partial charge in [0.05, 0.1) is 5.60 Å². The molecule has 2 rings (SSSR count). The molecular weight excluding hydrogens is 245 g/mol. The van der Waals surface area contributed by atoms with Crippen LogP contribution in [0.25, 0.3) is 0 Å². The summed E-state index contributed by atoms with van der Waals surface area (Å²) in [5, 5.41) is 9.72. The Kier molecular flexibility index (Phi) is 3.63. The van der Waals surface area contributed by atoms with Crippen molar-refractivity contribution in [2.45, 2.75) is 31.8 Å². The Bertz CT molecular complexity index is 464. The van der Waals surface area contributed by atoms with Gasteiger partial charge in [0, 0.05) is 19.5 Å². The molecule has 0 aromatic heterocycles. The van der Waals surface area contributed by atoms with Crippen LogP contribution in [-0.4, -0.2) is 35.1 Å². The van der Waals surface area contributed by atoms with Gasteiger partial charge < -0.3 is 10.0 Å². The van der Waals surface area contributed by atoms with E-state index in [1.165, 1.54) is 12.1 Å². The first kappa shape index (κ1) is 14.0. The Morgan fingerprint density at radius 2 is 2.00 bits per heavy atom. The lowest BCUT2D eigenvalue weighted by Crippen LogP contribution is -2.40. The molecule has 0 radical (unpaired) electrons. The smallest absolute Gasteiger partial charge is 0.226 e. The average Bonchev–Trinajstić information content (AvgIpc) is 3.06. The number of likely N-dealkylation sites (N-methyl/N-ethyl adjacent to an activating group) is 1. The van der Waals surface area contributed by atoms with Crippen molar-refractivity contribution in [1.82, 2.24) is 4.90 Å². The highest BCUT2D eigenvalue weighted by molar-refractivity contribution is 5.82. The van der Waals surface area contributed by atoms with Crippen LogP contribution in [-0.2, 0) is 4.79 Å². The predicted octanol–water partition coefficient (Wildman–Crippen LogP) is 2.16. The van der Waals surface area contributed by atoms with Gasteiger partial charge in [0.1, 0.15) is 5.82 Å². The minimum Gasteiger partial charge on any atom is -0.389 e. The molecule has 3 nitrogen and oxygen atoms in total. The summed E-state index contributed by atoms with van der Waals surface area (Å²) in [4.78, 5) is 13.8. The van der Waals surface area contributed by atoms with E-state index >= 15 is 0 Å². The fraction of sp³-hybridized carbons (Fsp3) is 0.533.